The zero-order valence-corrected chi connectivity index (χ0v) is 9.00. The zero-order chi connectivity index (χ0) is 10.8. The topological polar surface area (TPSA) is 20.3 Å². The first kappa shape index (κ1) is 9.79. The van der Waals surface area contributed by atoms with Crippen LogP contribution < -0.4 is 0 Å². The van der Waals surface area contributed by atoms with E-state index in [0.29, 0.717) is 6.42 Å². The summed E-state index contributed by atoms with van der Waals surface area (Å²) in [5, 5.41) is 0. The van der Waals surface area contributed by atoms with Crippen molar-refractivity contribution in [3.05, 3.63) is 34.9 Å². The lowest BCUT2D eigenvalue weighted by atomic mass is 10.0. The first-order valence-corrected chi connectivity index (χ1v) is 5.02. The van der Waals surface area contributed by atoms with Crippen LogP contribution in [0.3, 0.4) is 0 Å². The molecule has 0 saturated heterocycles. The maximum atomic E-state index is 11.5. The highest BCUT2D eigenvalue weighted by Gasteiger charge is 2.20. The van der Waals surface area contributed by atoms with Crippen LogP contribution in [0.15, 0.2) is 18.2 Å². The summed E-state index contributed by atoms with van der Waals surface area (Å²) in [5.41, 5.74) is 2.98. The van der Waals surface area contributed by atoms with E-state index in [0.717, 1.165) is 23.1 Å². The van der Waals surface area contributed by atoms with E-state index in [2.05, 4.69) is 12.0 Å². The third-order valence-corrected chi connectivity index (χ3v) is 2.49. The number of fused-ring (bicyclic) bond motifs is 1. The van der Waals surface area contributed by atoms with Gasteiger partial charge in [-0.3, -0.25) is 4.79 Å². The Morgan fingerprint density at radius 1 is 1.27 bits per heavy atom. The molecule has 0 bridgehead atoms. The Morgan fingerprint density at radius 2 is 2.07 bits per heavy atom. The van der Waals surface area contributed by atoms with Gasteiger partial charge in [-0.15, -0.1) is 0 Å². The maximum Gasteiger partial charge on any atom is 0.163 e. The van der Waals surface area contributed by atoms with Gasteiger partial charge in [0.05, 0.1) is 0 Å². The molecule has 2 nitrogen and oxygen atoms in total. The second kappa shape index (κ2) is 3.78. The molecule has 1 aromatic rings. The van der Waals surface area contributed by atoms with E-state index in [1.807, 2.05) is 37.2 Å². The smallest absolute Gasteiger partial charge is 0.163 e. The van der Waals surface area contributed by atoms with Gasteiger partial charge in [0.25, 0.3) is 0 Å². The molecule has 15 heavy (non-hydrogen) atoms. The van der Waals surface area contributed by atoms with Crippen molar-refractivity contribution in [2.45, 2.75) is 12.8 Å². The monoisotopic (exact) mass is 199 g/mol. The fourth-order valence-electron chi connectivity index (χ4n) is 1.78. The van der Waals surface area contributed by atoms with Crippen molar-refractivity contribution in [1.82, 2.24) is 4.90 Å². The largest absolute Gasteiger partial charge is 0.338 e. The van der Waals surface area contributed by atoms with Gasteiger partial charge < -0.3 is 4.90 Å². The van der Waals surface area contributed by atoms with Crippen LogP contribution in [0.1, 0.15) is 27.9 Å². The van der Waals surface area contributed by atoms with E-state index >= 15 is 0 Å². The van der Waals surface area contributed by atoms with Gasteiger partial charge >= 0.3 is 0 Å². The van der Waals surface area contributed by atoms with Gasteiger partial charge in [0.2, 0.25) is 0 Å². The molecule has 1 aliphatic rings. The highest BCUT2D eigenvalue weighted by atomic mass is 16.1. The minimum absolute atomic E-state index is 0.249. The highest BCUT2D eigenvalue weighted by Crippen LogP contribution is 2.24. The summed E-state index contributed by atoms with van der Waals surface area (Å²) in [4.78, 5) is 13.3. The Kier molecular flexibility index (Phi) is 2.47. The van der Waals surface area contributed by atoms with Gasteiger partial charge in [-0.1, -0.05) is 12.1 Å². The molecule has 0 amide bonds. The number of Topliss-reactive ketones (excluding diaryl/α,β-unsaturated/α-hetero) is 1. The maximum absolute atomic E-state index is 11.5. The lowest BCUT2D eigenvalue weighted by molar-refractivity contribution is 0.0994. The molecular weight excluding hydrogens is 186 g/mol. The lowest BCUT2D eigenvalue weighted by Gasteiger charge is -2.01. The zero-order valence-electron chi connectivity index (χ0n) is 9.00. The van der Waals surface area contributed by atoms with Crippen LogP contribution in [0.2, 0.25) is 0 Å². The first-order valence-electron chi connectivity index (χ1n) is 5.02. The summed E-state index contributed by atoms with van der Waals surface area (Å²) in [7, 11) is 3.81. The van der Waals surface area contributed by atoms with E-state index < -0.39 is 0 Å². The molecule has 0 aromatic heterocycles. The van der Waals surface area contributed by atoms with Crippen molar-refractivity contribution in [3.63, 3.8) is 0 Å². The summed E-state index contributed by atoms with van der Waals surface area (Å²) in [6.45, 7) is 0. The van der Waals surface area contributed by atoms with Crippen LogP contribution in [0, 0.1) is 12.0 Å². The molecule has 0 heterocycles. The van der Waals surface area contributed by atoms with Gasteiger partial charge in [-0.05, 0) is 24.0 Å². The third-order valence-electron chi connectivity index (χ3n) is 2.49. The summed E-state index contributed by atoms with van der Waals surface area (Å²) in [6, 6.07) is 8.76. The van der Waals surface area contributed by atoms with Crippen molar-refractivity contribution >= 4 is 5.78 Å². The molecule has 0 spiro atoms. The molecule has 0 N–H and O–H groups in total. The van der Waals surface area contributed by atoms with Crippen molar-refractivity contribution in [2.75, 3.05) is 14.1 Å². The van der Waals surface area contributed by atoms with Crippen LogP contribution in [-0.2, 0) is 6.42 Å². The number of rotatable bonds is 0. The van der Waals surface area contributed by atoms with Crippen molar-refractivity contribution in [1.29, 1.82) is 0 Å². The molecule has 0 saturated carbocycles. The minimum atomic E-state index is 0.249. The Hall–Kier alpha value is -1.75. The summed E-state index contributed by atoms with van der Waals surface area (Å²) in [6.07, 6.45) is 1.47. The van der Waals surface area contributed by atoms with E-state index in [-0.39, 0.29) is 5.78 Å². The molecule has 1 aromatic carbocycles. The molecule has 0 unspecified atom stereocenters. The Bertz CT molecular complexity index is 463. The number of ketones is 1. The number of nitrogens with zero attached hydrogens (tertiary/aromatic N) is 1. The molecular formula is C13H13NO. The highest BCUT2D eigenvalue weighted by molar-refractivity contribution is 6.01. The van der Waals surface area contributed by atoms with Crippen LogP contribution in [0.4, 0.5) is 0 Å². The van der Waals surface area contributed by atoms with Gasteiger partial charge in [-0.25, -0.2) is 0 Å². The van der Waals surface area contributed by atoms with E-state index in [1.165, 1.54) is 0 Å². The van der Waals surface area contributed by atoms with E-state index in [1.54, 1.807) is 0 Å². The Labute approximate surface area is 89.9 Å². The molecule has 0 aliphatic heterocycles. The number of benzene rings is 1. The molecule has 76 valence electrons. The average molecular weight is 199 g/mol. The van der Waals surface area contributed by atoms with Gasteiger partial charge in [0.1, 0.15) is 0 Å². The Morgan fingerprint density at radius 3 is 2.80 bits per heavy atom. The lowest BCUT2D eigenvalue weighted by Crippen LogP contribution is -2.01. The minimum Gasteiger partial charge on any atom is -0.338 e. The average Bonchev–Trinajstić information content (AvgIpc) is 2.58. The Balaban J connectivity index is 2.44. The molecule has 2 rings (SSSR count). The summed E-state index contributed by atoms with van der Waals surface area (Å²) in [5.74, 6) is 3.34. The summed E-state index contributed by atoms with van der Waals surface area (Å²) >= 11 is 0. The fourth-order valence-corrected chi connectivity index (χ4v) is 1.78. The summed E-state index contributed by atoms with van der Waals surface area (Å²) < 4.78 is 0. The number of hydrogen-bond acceptors (Lipinski definition) is 2. The van der Waals surface area contributed by atoms with Gasteiger partial charge in [0, 0.05) is 37.7 Å². The predicted molar refractivity (Wildman–Crippen MR) is 59.7 cm³/mol. The number of carbonyl (C=O) groups is 1. The standard InChI is InChI=1S/C13H13NO/c1-14(2)9-8-10-4-3-5-12-11(10)6-7-13(12)15/h3-5H,6-7H2,1-2H3. The predicted octanol–water partition coefficient (Wildman–Crippen LogP) is 1.69. The van der Waals surface area contributed by atoms with Gasteiger partial charge in [0.15, 0.2) is 5.78 Å². The van der Waals surface area contributed by atoms with E-state index in [9.17, 15) is 4.79 Å². The fraction of sp³-hybridized carbons (Fsp3) is 0.308. The second-order valence-electron chi connectivity index (χ2n) is 3.89. The number of hydrogen-bond donors (Lipinski definition) is 0. The third kappa shape index (κ3) is 1.87. The van der Waals surface area contributed by atoms with Crippen LogP contribution in [0.25, 0.3) is 0 Å². The van der Waals surface area contributed by atoms with Crippen molar-refractivity contribution in [2.24, 2.45) is 0 Å². The quantitative estimate of drug-likeness (QED) is 0.468. The normalized spacial score (nSPS) is 13.1. The molecule has 0 fully saturated rings. The van der Waals surface area contributed by atoms with Crippen molar-refractivity contribution in [3.8, 4) is 12.0 Å². The molecule has 0 atom stereocenters. The van der Waals surface area contributed by atoms with Crippen molar-refractivity contribution < 1.29 is 4.79 Å². The first-order chi connectivity index (χ1) is 7.18. The number of carbonyl (C=O) groups excluding carboxylic acids is 1. The SMILES string of the molecule is CN(C)C#Cc1cccc2c1CCC2=O. The molecule has 0 radical (unpaired) electrons. The van der Waals surface area contributed by atoms with Crippen LogP contribution >= 0.6 is 0 Å². The van der Waals surface area contributed by atoms with Crippen LogP contribution in [-0.4, -0.2) is 24.8 Å². The van der Waals surface area contributed by atoms with Crippen LogP contribution in [0.5, 0.6) is 0 Å². The molecule has 2 heteroatoms. The van der Waals surface area contributed by atoms with Gasteiger partial charge in [-0.2, -0.15) is 0 Å². The van der Waals surface area contributed by atoms with E-state index in [4.69, 9.17) is 0 Å². The molecule has 1 aliphatic carbocycles. The second-order valence-corrected chi connectivity index (χ2v) is 3.89.